The molecular formula is C20H23ClFN3O3S. The molecule has 29 heavy (non-hydrogen) atoms. The molecule has 3 rings (SSSR count). The number of amides is 2. The lowest BCUT2D eigenvalue weighted by Gasteiger charge is -2.34. The van der Waals surface area contributed by atoms with E-state index in [1.54, 1.807) is 9.80 Å². The molecule has 1 aromatic heterocycles. The number of ether oxygens (including phenoxy) is 1. The zero-order valence-electron chi connectivity index (χ0n) is 16.4. The Bertz CT molecular complexity index is 884. The monoisotopic (exact) mass is 439 g/mol. The molecule has 1 atom stereocenters. The average molecular weight is 440 g/mol. The Morgan fingerprint density at radius 3 is 2.66 bits per heavy atom. The highest BCUT2D eigenvalue weighted by atomic mass is 35.5. The molecule has 9 heteroatoms. The first-order valence-electron chi connectivity index (χ1n) is 9.47. The molecule has 0 radical (unpaired) electrons. The van der Waals surface area contributed by atoms with Crippen LogP contribution in [0.4, 0.5) is 4.39 Å². The summed E-state index contributed by atoms with van der Waals surface area (Å²) in [4.78, 5) is 32.9. The highest BCUT2D eigenvalue weighted by Crippen LogP contribution is 2.22. The van der Waals surface area contributed by atoms with Crippen LogP contribution < -0.4 is 0 Å². The van der Waals surface area contributed by atoms with Gasteiger partial charge in [-0.2, -0.15) is 0 Å². The highest BCUT2D eigenvalue weighted by Gasteiger charge is 2.27. The zero-order valence-corrected chi connectivity index (χ0v) is 17.9. The number of carbonyl (C=O) groups is 2. The van der Waals surface area contributed by atoms with E-state index in [0.717, 1.165) is 10.7 Å². The van der Waals surface area contributed by atoms with Crippen LogP contribution in [0.15, 0.2) is 23.6 Å². The maximum atomic E-state index is 13.9. The molecule has 0 saturated carbocycles. The number of hydrogen-bond acceptors (Lipinski definition) is 5. The van der Waals surface area contributed by atoms with Gasteiger partial charge in [0.05, 0.1) is 17.7 Å². The van der Waals surface area contributed by atoms with Gasteiger partial charge in [0.15, 0.2) is 0 Å². The number of carbonyl (C=O) groups excluding carboxylic acids is 2. The van der Waals surface area contributed by atoms with Gasteiger partial charge in [-0.1, -0.05) is 11.6 Å². The lowest BCUT2D eigenvalue weighted by Crippen LogP contribution is -2.51. The lowest BCUT2D eigenvalue weighted by atomic mass is 10.1. The SMILES string of the molecule is CCOC(C)c1nc(CC(=O)N2CCN(C(=O)c3cc(Cl)ccc3F)CC2)cs1. The van der Waals surface area contributed by atoms with Crippen LogP contribution in [0, 0.1) is 5.82 Å². The second kappa shape index (κ2) is 9.65. The van der Waals surface area contributed by atoms with E-state index >= 15 is 0 Å². The fourth-order valence-corrected chi connectivity index (χ4v) is 4.16. The average Bonchev–Trinajstić information content (AvgIpc) is 3.18. The zero-order chi connectivity index (χ0) is 21.0. The van der Waals surface area contributed by atoms with E-state index in [1.165, 1.54) is 29.5 Å². The molecule has 2 heterocycles. The van der Waals surface area contributed by atoms with Gasteiger partial charge in [0, 0.05) is 43.2 Å². The lowest BCUT2D eigenvalue weighted by molar-refractivity contribution is -0.132. The summed E-state index contributed by atoms with van der Waals surface area (Å²) in [6.45, 7) is 5.97. The summed E-state index contributed by atoms with van der Waals surface area (Å²) in [5.41, 5.74) is 0.678. The third-order valence-corrected chi connectivity index (χ3v) is 6.03. The standard InChI is InChI=1S/C20H23ClFN3O3S/c1-3-28-13(2)19-23-15(12-29-19)11-18(26)24-6-8-25(9-7-24)20(27)16-10-14(21)4-5-17(16)22/h4-5,10,12-13H,3,6-9,11H2,1-2H3. The highest BCUT2D eigenvalue weighted by molar-refractivity contribution is 7.09. The third-order valence-electron chi connectivity index (χ3n) is 4.74. The Morgan fingerprint density at radius 2 is 1.97 bits per heavy atom. The smallest absolute Gasteiger partial charge is 0.257 e. The molecule has 6 nitrogen and oxygen atoms in total. The predicted octanol–water partition coefficient (Wildman–Crippen LogP) is 3.56. The summed E-state index contributed by atoms with van der Waals surface area (Å²) < 4.78 is 19.5. The summed E-state index contributed by atoms with van der Waals surface area (Å²) in [6.07, 6.45) is 0.127. The van der Waals surface area contributed by atoms with Crippen LogP contribution >= 0.6 is 22.9 Å². The minimum absolute atomic E-state index is 0.0352. The van der Waals surface area contributed by atoms with Crippen LogP contribution in [-0.2, 0) is 16.0 Å². The molecule has 1 fully saturated rings. The summed E-state index contributed by atoms with van der Waals surface area (Å²) in [5, 5.41) is 3.04. The number of nitrogens with zero attached hydrogens (tertiary/aromatic N) is 3. The Balaban J connectivity index is 1.54. The topological polar surface area (TPSA) is 62.7 Å². The van der Waals surface area contributed by atoms with Gasteiger partial charge in [0.25, 0.3) is 5.91 Å². The van der Waals surface area contributed by atoms with Crippen LogP contribution in [0.1, 0.15) is 41.0 Å². The van der Waals surface area contributed by atoms with Gasteiger partial charge in [-0.05, 0) is 32.0 Å². The molecule has 1 aliphatic heterocycles. The number of rotatable bonds is 6. The summed E-state index contributed by atoms with van der Waals surface area (Å²) in [7, 11) is 0. The van der Waals surface area contributed by atoms with E-state index in [0.29, 0.717) is 37.8 Å². The Hall–Kier alpha value is -2.03. The molecule has 2 aromatic rings. The first-order valence-corrected chi connectivity index (χ1v) is 10.7. The number of thiazole rings is 1. The van der Waals surface area contributed by atoms with Gasteiger partial charge >= 0.3 is 0 Å². The van der Waals surface area contributed by atoms with E-state index in [2.05, 4.69) is 4.98 Å². The van der Waals surface area contributed by atoms with E-state index in [1.807, 2.05) is 19.2 Å². The largest absolute Gasteiger partial charge is 0.372 e. The molecule has 0 aliphatic carbocycles. The summed E-state index contributed by atoms with van der Waals surface area (Å²) in [6, 6.07) is 3.92. The summed E-state index contributed by atoms with van der Waals surface area (Å²) >= 11 is 7.36. The van der Waals surface area contributed by atoms with Crippen molar-refractivity contribution in [1.82, 2.24) is 14.8 Å². The van der Waals surface area contributed by atoms with Crippen LogP contribution in [0.25, 0.3) is 0 Å². The Morgan fingerprint density at radius 1 is 1.28 bits per heavy atom. The third kappa shape index (κ3) is 5.32. The predicted molar refractivity (Wildman–Crippen MR) is 110 cm³/mol. The number of halogens is 2. The Kier molecular flexibility index (Phi) is 7.21. The van der Waals surface area contributed by atoms with Crippen LogP contribution in [0.5, 0.6) is 0 Å². The first-order chi connectivity index (χ1) is 13.9. The van der Waals surface area contributed by atoms with Gasteiger partial charge in [-0.25, -0.2) is 9.37 Å². The van der Waals surface area contributed by atoms with Gasteiger partial charge in [0.1, 0.15) is 16.9 Å². The van der Waals surface area contributed by atoms with Crippen LogP contribution in [0.3, 0.4) is 0 Å². The molecule has 2 amide bonds. The van der Waals surface area contributed by atoms with Crippen molar-refractivity contribution in [2.75, 3.05) is 32.8 Å². The van der Waals surface area contributed by atoms with Crippen molar-refractivity contribution in [3.63, 3.8) is 0 Å². The van der Waals surface area contributed by atoms with Gasteiger partial charge in [0.2, 0.25) is 5.91 Å². The summed E-state index contributed by atoms with van der Waals surface area (Å²) in [5.74, 6) is -1.04. The molecule has 1 aliphatic rings. The van der Waals surface area contributed by atoms with Crippen molar-refractivity contribution in [2.45, 2.75) is 26.4 Å². The van der Waals surface area contributed by atoms with Crippen molar-refractivity contribution < 1.29 is 18.7 Å². The van der Waals surface area contributed by atoms with E-state index < -0.39 is 11.7 Å². The maximum absolute atomic E-state index is 13.9. The molecule has 0 spiro atoms. The first kappa shape index (κ1) is 21.7. The molecule has 0 N–H and O–H groups in total. The van der Waals surface area contributed by atoms with Crippen molar-refractivity contribution in [3.05, 3.63) is 50.7 Å². The molecular weight excluding hydrogens is 417 g/mol. The van der Waals surface area contributed by atoms with Gasteiger partial charge < -0.3 is 14.5 Å². The molecule has 1 aromatic carbocycles. The Labute approximate surface area is 178 Å². The molecule has 156 valence electrons. The van der Waals surface area contributed by atoms with Crippen molar-refractivity contribution >= 4 is 34.8 Å². The fraction of sp³-hybridized carbons (Fsp3) is 0.450. The van der Waals surface area contributed by atoms with Crippen LogP contribution in [0.2, 0.25) is 5.02 Å². The van der Waals surface area contributed by atoms with Gasteiger partial charge in [-0.15, -0.1) is 11.3 Å². The normalized spacial score (nSPS) is 15.4. The minimum atomic E-state index is -0.599. The quantitative estimate of drug-likeness (QED) is 0.690. The van der Waals surface area contributed by atoms with E-state index in [4.69, 9.17) is 16.3 Å². The van der Waals surface area contributed by atoms with Crippen LogP contribution in [-0.4, -0.2) is 59.4 Å². The van der Waals surface area contributed by atoms with Crippen molar-refractivity contribution in [3.8, 4) is 0 Å². The van der Waals surface area contributed by atoms with Crippen molar-refractivity contribution in [2.24, 2.45) is 0 Å². The molecule has 0 bridgehead atoms. The second-order valence-corrected chi connectivity index (χ2v) is 8.07. The fourth-order valence-electron chi connectivity index (χ4n) is 3.17. The van der Waals surface area contributed by atoms with E-state index in [9.17, 15) is 14.0 Å². The molecule has 1 unspecified atom stereocenters. The number of aromatic nitrogens is 1. The number of hydrogen-bond donors (Lipinski definition) is 0. The van der Waals surface area contributed by atoms with Crippen molar-refractivity contribution in [1.29, 1.82) is 0 Å². The van der Waals surface area contributed by atoms with Gasteiger partial charge in [-0.3, -0.25) is 9.59 Å². The minimum Gasteiger partial charge on any atom is -0.372 e. The maximum Gasteiger partial charge on any atom is 0.257 e. The van der Waals surface area contributed by atoms with E-state index in [-0.39, 0.29) is 24.0 Å². The second-order valence-electron chi connectivity index (χ2n) is 6.75. The molecule has 1 saturated heterocycles. The number of piperazine rings is 1. The number of benzene rings is 1.